The normalized spacial score (nSPS) is 19.8. The van der Waals surface area contributed by atoms with Gasteiger partial charge in [-0.1, -0.05) is 60.7 Å². The predicted molar refractivity (Wildman–Crippen MR) is 107 cm³/mol. The molecule has 0 aromatic heterocycles. The summed E-state index contributed by atoms with van der Waals surface area (Å²) < 4.78 is 0. The van der Waals surface area contributed by atoms with Gasteiger partial charge in [0.2, 0.25) is 11.8 Å². The number of carbonyl (C=O) groups excluding carboxylic acids is 2. The van der Waals surface area contributed by atoms with Crippen molar-refractivity contribution in [2.24, 2.45) is 0 Å². The third-order valence-corrected chi connectivity index (χ3v) is 4.96. The first-order chi connectivity index (χ1) is 13.5. The van der Waals surface area contributed by atoms with Gasteiger partial charge in [0.15, 0.2) is 0 Å². The smallest absolute Gasteiger partial charge is 0.245 e. The number of rotatable bonds is 7. The van der Waals surface area contributed by atoms with Gasteiger partial charge >= 0.3 is 0 Å². The second-order valence-electron chi connectivity index (χ2n) is 7.28. The summed E-state index contributed by atoms with van der Waals surface area (Å²) in [5.41, 5.74) is 2.01. The van der Waals surface area contributed by atoms with Crippen molar-refractivity contribution in [3.05, 3.63) is 71.8 Å². The standard InChI is InChI=1S/C22H27N3O3/c1-25(15-17-10-6-3-7-11-17)22(28)20(12-16-8-4-2-5-9-16)24-21(27)19-13-18(26)14-23-19/h2-11,18-20,23,26H,12-15H2,1H3,(H,24,27)/t18-,19+,20+/m1/s1. The minimum Gasteiger partial charge on any atom is -0.392 e. The molecule has 0 saturated carbocycles. The topological polar surface area (TPSA) is 81.7 Å². The minimum atomic E-state index is -0.664. The third-order valence-electron chi connectivity index (χ3n) is 4.96. The van der Waals surface area contributed by atoms with Gasteiger partial charge in [-0.25, -0.2) is 0 Å². The number of aliphatic hydroxyl groups excluding tert-OH is 1. The molecule has 2 amide bonds. The SMILES string of the molecule is CN(Cc1ccccc1)C(=O)[C@H](Cc1ccccc1)NC(=O)[C@@H]1C[C@@H](O)CN1. The molecule has 6 nitrogen and oxygen atoms in total. The lowest BCUT2D eigenvalue weighted by molar-refractivity contribution is -0.136. The fourth-order valence-corrected chi connectivity index (χ4v) is 3.44. The number of amides is 2. The maximum Gasteiger partial charge on any atom is 0.245 e. The monoisotopic (exact) mass is 381 g/mol. The molecular weight excluding hydrogens is 354 g/mol. The summed E-state index contributed by atoms with van der Waals surface area (Å²) in [5, 5.41) is 15.5. The van der Waals surface area contributed by atoms with Crippen LogP contribution in [0.25, 0.3) is 0 Å². The number of aliphatic hydroxyl groups is 1. The van der Waals surface area contributed by atoms with E-state index in [0.29, 0.717) is 25.9 Å². The number of hydrogen-bond donors (Lipinski definition) is 3. The van der Waals surface area contributed by atoms with Crippen LogP contribution < -0.4 is 10.6 Å². The van der Waals surface area contributed by atoms with Gasteiger partial charge < -0.3 is 20.6 Å². The number of carbonyl (C=O) groups is 2. The quantitative estimate of drug-likeness (QED) is 0.671. The maximum atomic E-state index is 13.1. The molecule has 0 unspecified atom stereocenters. The summed E-state index contributed by atoms with van der Waals surface area (Å²) in [6, 6.07) is 18.3. The molecule has 1 saturated heterocycles. The van der Waals surface area contributed by atoms with Crippen molar-refractivity contribution >= 4 is 11.8 Å². The maximum absolute atomic E-state index is 13.1. The number of benzene rings is 2. The fraction of sp³-hybridized carbons (Fsp3) is 0.364. The predicted octanol–water partition coefficient (Wildman–Crippen LogP) is 1.10. The molecule has 28 heavy (non-hydrogen) atoms. The van der Waals surface area contributed by atoms with Gasteiger partial charge in [0, 0.05) is 26.6 Å². The molecule has 2 aromatic rings. The van der Waals surface area contributed by atoms with Crippen LogP contribution in [0.15, 0.2) is 60.7 Å². The van der Waals surface area contributed by atoms with E-state index in [-0.39, 0.29) is 11.8 Å². The van der Waals surface area contributed by atoms with Gasteiger partial charge in [0.25, 0.3) is 0 Å². The zero-order valence-electron chi connectivity index (χ0n) is 16.0. The van der Waals surface area contributed by atoms with Crippen LogP contribution in [-0.2, 0) is 22.6 Å². The zero-order valence-corrected chi connectivity index (χ0v) is 16.0. The average Bonchev–Trinajstić information content (AvgIpc) is 3.15. The number of likely N-dealkylation sites (N-methyl/N-ethyl adjacent to an activating group) is 1. The first kappa shape index (κ1) is 20.0. The first-order valence-corrected chi connectivity index (χ1v) is 9.57. The van der Waals surface area contributed by atoms with Crippen molar-refractivity contribution in [1.82, 2.24) is 15.5 Å². The molecule has 3 atom stereocenters. The highest BCUT2D eigenvalue weighted by Gasteiger charge is 2.32. The van der Waals surface area contributed by atoms with E-state index >= 15 is 0 Å². The van der Waals surface area contributed by atoms with Crippen LogP contribution in [0, 0.1) is 0 Å². The number of hydrogen-bond acceptors (Lipinski definition) is 4. The molecule has 2 aromatic carbocycles. The Morgan fingerprint density at radius 2 is 1.71 bits per heavy atom. The van der Waals surface area contributed by atoms with Crippen LogP contribution in [0.2, 0.25) is 0 Å². The second kappa shape index (κ2) is 9.48. The number of nitrogens with one attached hydrogen (secondary N) is 2. The molecule has 0 radical (unpaired) electrons. The molecule has 1 heterocycles. The van der Waals surface area contributed by atoms with Crippen molar-refractivity contribution in [3.8, 4) is 0 Å². The molecule has 6 heteroatoms. The van der Waals surface area contributed by atoms with Gasteiger partial charge in [-0.3, -0.25) is 9.59 Å². The third kappa shape index (κ3) is 5.41. The van der Waals surface area contributed by atoms with Crippen LogP contribution in [0.4, 0.5) is 0 Å². The molecule has 0 spiro atoms. The molecule has 1 aliphatic rings. The fourth-order valence-electron chi connectivity index (χ4n) is 3.44. The summed E-state index contributed by atoms with van der Waals surface area (Å²) in [6.45, 7) is 0.866. The molecule has 1 aliphatic heterocycles. The molecule has 3 N–H and O–H groups in total. The molecule has 0 aliphatic carbocycles. The van der Waals surface area contributed by atoms with Crippen LogP contribution in [0.3, 0.4) is 0 Å². The lowest BCUT2D eigenvalue weighted by Crippen LogP contribution is -2.52. The Balaban J connectivity index is 1.70. The Kier molecular flexibility index (Phi) is 6.79. The van der Waals surface area contributed by atoms with E-state index in [4.69, 9.17) is 0 Å². The van der Waals surface area contributed by atoms with E-state index in [9.17, 15) is 14.7 Å². The Morgan fingerprint density at radius 1 is 1.11 bits per heavy atom. The number of nitrogens with zero attached hydrogens (tertiary/aromatic N) is 1. The average molecular weight is 381 g/mol. The van der Waals surface area contributed by atoms with Gasteiger partial charge in [-0.2, -0.15) is 0 Å². The molecule has 3 rings (SSSR count). The van der Waals surface area contributed by atoms with Gasteiger partial charge in [-0.05, 0) is 17.5 Å². The first-order valence-electron chi connectivity index (χ1n) is 9.57. The van der Waals surface area contributed by atoms with E-state index < -0.39 is 18.2 Å². The lowest BCUT2D eigenvalue weighted by Gasteiger charge is -2.26. The highest BCUT2D eigenvalue weighted by Crippen LogP contribution is 2.11. The van der Waals surface area contributed by atoms with E-state index in [1.807, 2.05) is 60.7 Å². The molecule has 0 bridgehead atoms. The van der Waals surface area contributed by atoms with Crippen molar-refractivity contribution in [1.29, 1.82) is 0 Å². The molecular formula is C22H27N3O3. The molecule has 148 valence electrons. The highest BCUT2D eigenvalue weighted by atomic mass is 16.3. The van der Waals surface area contributed by atoms with E-state index in [2.05, 4.69) is 10.6 Å². The zero-order chi connectivity index (χ0) is 19.9. The van der Waals surface area contributed by atoms with Gasteiger partial charge in [-0.15, -0.1) is 0 Å². The van der Waals surface area contributed by atoms with Crippen molar-refractivity contribution < 1.29 is 14.7 Å². The van der Waals surface area contributed by atoms with Crippen molar-refractivity contribution in [3.63, 3.8) is 0 Å². The van der Waals surface area contributed by atoms with Crippen LogP contribution in [0.5, 0.6) is 0 Å². The summed E-state index contributed by atoms with van der Waals surface area (Å²) in [5.74, 6) is -0.390. The van der Waals surface area contributed by atoms with Crippen LogP contribution >= 0.6 is 0 Å². The largest absolute Gasteiger partial charge is 0.392 e. The van der Waals surface area contributed by atoms with E-state index in [1.54, 1.807) is 11.9 Å². The Morgan fingerprint density at radius 3 is 2.29 bits per heavy atom. The second-order valence-corrected chi connectivity index (χ2v) is 7.28. The number of β-amino-alcohol motifs (C(OH)–C–C–N with tert-alkyl or cyclic N) is 1. The minimum absolute atomic E-state index is 0.139. The summed E-state index contributed by atoms with van der Waals surface area (Å²) in [6.07, 6.45) is 0.248. The summed E-state index contributed by atoms with van der Waals surface area (Å²) >= 11 is 0. The Bertz CT molecular complexity index is 782. The highest BCUT2D eigenvalue weighted by molar-refractivity contribution is 5.90. The van der Waals surface area contributed by atoms with Gasteiger partial charge in [0.1, 0.15) is 6.04 Å². The van der Waals surface area contributed by atoms with E-state index in [0.717, 1.165) is 11.1 Å². The lowest BCUT2D eigenvalue weighted by atomic mass is 10.0. The van der Waals surface area contributed by atoms with Crippen molar-refractivity contribution in [2.75, 3.05) is 13.6 Å². The van der Waals surface area contributed by atoms with Crippen molar-refractivity contribution in [2.45, 2.75) is 37.6 Å². The van der Waals surface area contributed by atoms with Gasteiger partial charge in [0.05, 0.1) is 12.1 Å². The Hall–Kier alpha value is -2.70. The summed E-state index contributed by atoms with van der Waals surface area (Å²) in [4.78, 5) is 27.4. The Labute approximate surface area is 165 Å². The molecule has 1 fully saturated rings. The summed E-state index contributed by atoms with van der Waals surface area (Å²) in [7, 11) is 1.75. The van der Waals surface area contributed by atoms with Crippen LogP contribution in [0.1, 0.15) is 17.5 Å². The van der Waals surface area contributed by atoms with Crippen LogP contribution in [-0.4, -0.2) is 53.6 Å². The van der Waals surface area contributed by atoms with E-state index in [1.165, 1.54) is 0 Å².